The van der Waals surface area contributed by atoms with Crippen molar-refractivity contribution >= 4 is 6.29 Å². The molecular formula is C17H23F3O2. The summed E-state index contributed by atoms with van der Waals surface area (Å²) < 4.78 is 43.3. The first kappa shape index (κ1) is 18.5. The lowest BCUT2D eigenvalue weighted by molar-refractivity contribution is -0.171. The lowest BCUT2D eigenvalue weighted by atomic mass is 10.0. The van der Waals surface area contributed by atoms with Gasteiger partial charge in [-0.05, 0) is 37.8 Å². The summed E-state index contributed by atoms with van der Waals surface area (Å²) in [6, 6.07) is 6.90. The smallest absolute Gasteiger partial charge is 0.391 e. The Bertz CT molecular complexity index is 457. The Morgan fingerprint density at radius 1 is 1.18 bits per heavy atom. The zero-order valence-electron chi connectivity index (χ0n) is 13.0. The number of rotatable bonds is 9. The molecule has 0 heterocycles. The Morgan fingerprint density at radius 3 is 2.45 bits per heavy atom. The Balaban J connectivity index is 2.57. The van der Waals surface area contributed by atoms with Crippen molar-refractivity contribution in [2.75, 3.05) is 0 Å². The summed E-state index contributed by atoms with van der Waals surface area (Å²) in [6.07, 6.45) is -0.823. The third-order valence-corrected chi connectivity index (χ3v) is 3.67. The van der Waals surface area contributed by atoms with E-state index in [0.29, 0.717) is 24.2 Å². The number of hydrogen-bond donors (Lipinski definition) is 0. The fourth-order valence-electron chi connectivity index (χ4n) is 2.26. The predicted molar refractivity (Wildman–Crippen MR) is 80.2 cm³/mol. The van der Waals surface area contributed by atoms with Crippen molar-refractivity contribution in [3.05, 3.63) is 29.8 Å². The van der Waals surface area contributed by atoms with E-state index in [0.717, 1.165) is 19.1 Å². The van der Waals surface area contributed by atoms with Gasteiger partial charge in [0.25, 0.3) is 0 Å². The third kappa shape index (κ3) is 6.08. The molecule has 1 aromatic rings. The van der Waals surface area contributed by atoms with Crippen LogP contribution in [0, 0.1) is 5.92 Å². The van der Waals surface area contributed by atoms with Crippen molar-refractivity contribution in [2.24, 2.45) is 5.92 Å². The Morgan fingerprint density at radius 2 is 1.86 bits per heavy atom. The number of benzene rings is 1. The highest BCUT2D eigenvalue weighted by atomic mass is 19.4. The minimum atomic E-state index is -4.13. The van der Waals surface area contributed by atoms with E-state index in [1.54, 1.807) is 24.3 Å². The van der Waals surface area contributed by atoms with Crippen molar-refractivity contribution in [2.45, 2.75) is 58.2 Å². The Labute approximate surface area is 129 Å². The molecule has 5 heteroatoms. The summed E-state index contributed by atoms with van der Waals surface area (Å²) in [4.78, 5) is 11.0. The van der Waals surface area contributed by atoms with Crippen LogP contribution in [0.3, 0.4) is 0 Å². The fraction of sp³-hybridized carbons (Fsp3) is 0.588. The zero-order chi connectivity index (χ0) is 16.6. The maximum atomic E-state index is 12.5. The maximum Gasteiger partial charge on any atom is 0.391 e. The molecule has 0 radical (unpaired) electrons. The summed E-state index contributed by atoms with van der Waals surface area (Å²) in [5, 5.41) is 0. The van der Waals surface area contributed by atoms with Gasteiger partial charge in [0.2, 0.25) is 0 Å². The van der Waals surface area contributed by atoms with E-state index >= 15 is 0 Å². The van der Waals surface area contributed by atoms with Crippen molar-refractivity contribution in [1.29, 1.82) is 0 Å². The van der Waals surface area contributed by atoms with Crippen LogP contribution < -0.4 is 4.74 Å². The molecule has 2 unspecified atom stereocenters. The van der Waals surface area contributed by atoms with Gasteiger partial charge in [-0.2, -0.15) is 13.2 Å². The molecular weight excluding hydrogens is 293 g/mol. The fourth-order valence-corrected chi connectivity index (χ4v) is 2.26. The van der Waals surface area contributed by atoms with Crippen LogP contribution in [0.5, 0.6) is 5.75 Å². The van der Waals surface area contributed by atoms with E-state index in [9.17, 15) is 18.0 Å². The zero-order valence-corrected chi connectivity index (χ0v) is 13.0. The third-order valence-electron chi connectivity index (χ3n) is 3.67. The summed E-state index contributed by atoms with van der Waals surface area (Å²) in [7, 11) is 0. The minimum absolute atomic E-state index is 0.0996. The van der Waals surface area contributed by atoms with Crippen LogP contribution in [0.1, 0.15) is 56.3 Å². The Hall–Kier alpha value is -1.52. The van der Waals surface area contributed by atoms with Gasteiger partial charge in [-0.1, -0.05) is 32.4 Å². The van der Waals surface area contributed by atoms with Crippen molar-refractivity contribution in [3.63, 3.8) is 0 Å². The molecule has 0 saturated carbocycles. The molecule has 0 amide bonds. The van der Waals surface area contributed by atoms with Crippen molar-refractivity contribution in [3.8, 4) is 5.75 Å². The summed E-state index contributed by atoms with van der Waals surface area (Å²) >= 11 is 0. The van der Waals surface area contributed by atoms with E-state index in [1.807, 2.05) is 6.92 Å². The molecule has 0 spiro atoms. The number of aldehydes is 1. The normalized spacial score (nSPS) is 14.4. The molecule has 0 aliphatic heterocycles. The average molecular weight is 316 g/mol. The number of para-hydroxylation sites is 1. The average Bonchev–Trinajstić information content (AvgIpc) is 2.46. The molecule has 124 valence electrons. The van der Waals surface area contributed by atoms with E-state index < -0.39 is 12.1 Å². The van der Waals surface area contributed by atoms with E-state index in [-0.39, 0.29) is 12.5 Å². The number of carbonyl (C=O) groups is 1. The van der Waals surface area contributed by atoms with Crippen LogP contribution in [-0.4, -0.2) is 18.6 Å². The van der Waals surface area contributed by atoms with Gasteiger partial charge in [0.05, 0.1) is 17.6 Å². The van der Waals surface area contributed by atoms with E-state index in [1.165, 1.54) is 6.92 Å². The summed E-state index contributed by atoms with van der Waals surface area (Å²) in [5.74, 6) is -0.795. The topological polar surface area (TPSA) is 26.3 Å². The second-order valence-corrected chi connectivity index (χ2v) is 5.56. The number of ether oxygens (including phenoxy) is 1. The maximum absolute atomic E-state index is 12.5. The van der Waals surface area contributed by atoms with Crippen LogP contribution in [0.25, 0.3) is 0 Å². The second kappa shape index (κ2) is 8.81. The van der Waals surface area contributed by atoms with Crippen molar-refractivity contribution in [1.82, 2.24) is 0 Å². The molecule has 0 saturated heterocycles. The minimum Gasteiger partial charge on any atom is -0.490 e. The number of hydrogen-bond acceptors (Lipinski definition) is 2. The van der Waals surface area contributed by atoms with Gasteiger partial charge >= 0.3 is 6.18 Å². The van der Waals surface area contributed by atoms with Gasteiger partial charge < -0.3 is 4.74 Å². The first-order chi connectivity index (χ1) is 10.4. The van der Waals surface area contributed by atoms with Gasteiger partial charge in [0, 0.05) is 0 Å². The van der Waals surface area contributed by atoms with Gasteiger partial charge in [0.1, 0.15) is 5.75 Å². The largest absolute Gasteiger partial charge is 0.490 e. The number of alkyl halides is 3. The van der Waals surface area contributed by atoms with Gasteiger partial charge in [-0.15, -0.1) is 0 Å². The second-order valence-electron chi connectivity index (χ2n) is 5.56. The highest BCUT2D eigenvalue weighted by Gasteiger charge is 2.35. The van der Waals surface area contributed by atoms with Gasteiger partial charge in [-0.3, -0.25) is 4.79 Å². The Kier molecular flexibility index (Phi) is 7.42. The van der Waals surface area contributed by atoms with Crippen LogP contribution in [0.4, 0.5) is 13.2 Å². The van der Waals surface area contributed by atoms with Crippen LogP contribution in [0.15, 0.2) is 24.3 Å². The molecule has 0 N–H and O–H groups in total. The quantitative estimate of drug-likeness (QED) is 0.569. The van der Waals surface area contributed by atoms with Crippen LogP contribution >= 0.6 is 0 Å². The highest BCUT2D eigenvalue weighted by Crippen LogP contribution is 2.30. The van der Waals surface area contributed by atoms with Crippen LogP contribution in [0.2, 0.25) is 0 Å². The van der Waals surface area contributed by atoms with Gasteiger partial charge in [0.15, 0.2) is 6.29 Å². The standard InChI is InChI=1S/C17H23F3O2/c1-3-7-15(10-6-8-13(2)17(18,19)20)22-16-11-5-4-9-14(16)12-21/h4-5,9,11-13,15H,3,6-8,10H2,1-2H3. The molecule has 0 aromatic heterocycles. The van der Waals surface area contributed by atoms with Crippen molar-refractivity contribution < 1.29 is 22.7 Å². The first-order valence-corrected chi connectivity index (χ1v) is 7.66. The summed E-state index contributed by atoms with van der Waals surface area (Å²) in [5.41, 5.74) is 0.465. The lowest BCUT2D eigenvalue weighted by Crippen LogP contribution is -2.21. The molecule has 22 heavy (non-hydrogen) atoms. The van der Waals surface area contributed by atoms with E-state index in [4.69, 9.17) is 4.74 Å². The SMILES string of the molecule is CCCC(CCCC(C)C(F)(F)F)Oc1ccccc1C=O. The lowest BCUT2D eigenvalue weighted by Gasteiger charge is -2.21. The van der Waals surface area contributed by atoms with Crippen LogP contribution in [-0.2, 0) is 0 Å². The number of halogens is 3. The molecule has 1 rings (SSSR count). The molecule has 0 fully saturated rings. The molecule has 0 aliphatic carbocycles. The molecule has 0 bridgehead atoms. The molecule has 0 aliphatic rings. The van der Waals surface area contributed by atoms with E-state index in [2.05, 4.69) is 0 Å². The first-order valence-electron chi connectivity index (χ1n) is 7.66. The molecule has 2 nitrogen and oxygen atoms in total. The monoisotopic (exact) mass is 316 g/mol. The summed E-state index contributed by atoms with van der Waals surface area (Å²) in [6.45, 7) is 3.21. The molecule has 2 atom stereocenters. The van der Waals surface area contributed by atoms with Gasteiger partial charge in [-0.25, -0.2) is 0 Å². The highest BCUT2D eigenvalue weighted by molar-refractivity contribution is 5.79. The molecule has 1 aromatic carbocycles. The predicted octanol–water partition coefficient (Wildman–Crippen LogP) is 5.42. The number of carbonyl (C=O) groups excluding carboxylic acids is 1.